The van der Waals surface area contributed by atoms with Crippen LogP contribution in [0.1, 0.15) is 50.9 Å². The smallest absolute Gasteiger partial charge is 0.341 e. The molecule has 3 aromatic rings. The number of ether oxygens (including phenoxy) is 1. The van der Waals surface area contributed by atoms with E-state index in [0.717, 1.165) is 41.0 Å². The first-order valence-electron chi connectivity index (χ1n) is 11.3. The lowest BCUT2D eigenvalue weighted by atomic mass is 9.95. The fourth-order valence-corrected chi connectivity index (χ4v) is 6.66. The molecule has 0 radical (unpaired) electrons. The Kier molecular flexibility index (Phi) is 8.62. The van der Waals surface area contributed by atoms with Crippen LogP contribution in [0.5, 0.6) is 0 Å². The molecule has 0 spiro atoms. The van der Waals surface area contributed by atoms with Gasteiger partial charge >= 0.3 is 5.97 Å². The zero-order valence-corrected chi connectivity index (χ0v) is 22.8. The van der Waals surface area contributed by atoms with Gasteiger partial charge in [-0.2, -0.15) is 0 Å². The van der Waals surface area contributed by atoms with Crippen molar-refractivity contribution in [3.05, 3.63) is 74.1 Å². The van der Waals surface area contributed by atoms with Crippen molar-refractivity contribution in [2.45, 2.75) is 42.8 Å². The number of carbonyl (C=O) groups excluding carboxylic acids is 3. The summed E-state index contributed by atoms with van der Waals surface area (Å²) in [6, 6.07) is 11.9. The van der Waals surface area contributed by atoms with E-state index in [1.807, 2.05) is 6.07 Å². The van der Waals surface area contributed by atoms with Gasteiger partial charge in [0.2, 0.25) is 5.91 Å². The first-order chi connectivity index (χ1) is 17.3. The monoisotopic (exact) mass is 562 g/mol. The van der Waals surface area contributed by atoms with E-state index in [2.05, 4.69) is 10.6 Å². The number of benzene rings is 2. The first-order valence-corrected chi connectivity index (χ1v) is 13.8. The second-order valence-electron chi connectivity index (χ2n) is 8.26. The van der Waals surface area contributed by atoms with Gasteiger partial charge in [-0.05, 0) is 74.6 Å². The fraction of sp³-hybridized carbons (Fsp3) is 0.269. The van der Waals surface area contributed by atoms with Gasteiger partial charge in [0.15, 0.2) is 0 Å². The highest BCUT2D eigenvalue weighted by atomic mass is 35.5. The van der Waals surface area contributed by atoms with Crippen molar-refractivity contribution < 1.29 is 19.1 Å². The lowest BCUT2D eigenvalue weighted by Gasteiger charge is -2.14. The van der Waals surface area contributed by atoms with Crippen LogP contribution < -0.4 is 10.6 Å². The predicted molar refractivity (Wildman–Crippen MR) is 147 cm³/mol. The number of nitrogens with one attached hydrogen (secondary N) is 2. The zero-order valence-electron chi connectivity index (χ0n) is 19.7. The molecule has 1 aromatic heterocycles. The minimum atomic E-state index is -0.453. The molecule has 2 N–H and O–H groups in total. The van der Waals surface area contributed by atoms with Crippen LogP contribution >= 0.6 is 46.3 Å². The lowest BCUT2D eigenvalue weighted by molar-refractivity contribution is -0.115. The Labute approximate surface area is 227 Å². The summed E-state index contributed by atoms with van der Waals surface area (Å²) in [6.07, 6.45) is 3.81. The minimum Gasteiger partial charge on any atom is -0.465 e. The lowest BCUT2D eigenvalue weighted by Crippen LogP contribution is -2.23. The van der Waals surface area contributed by atoms with Crippen molar-refractivity contribution in [2.75, 3.05) is 17.7 Å². The summed E-state index contributed by atoms with van der Waals surface area (Å²) in [5.41, 5.74) is 2.36. The second kappa shape index (κ2) is 11.7. The first kappa shape index (κ1) is 26.5. The van der Waals surface area contributed by atoms with E-state index < -0.39 is 11.2 Å². The van der Waals surface area contributed by atoms with Gasteiger partial charge in [0.25, 0.3) is 5.91 Å². The topological polar surface area (TPSA) is 84.5 Å². The van der Waals surface area contributed by atoms with Gasteiger partial charge in [-0.15, -0.1) is 23.1 Å². The van der Waals surface area contributed by atoms with Crippen molar-refractivity contribution >= 4 is 74.8 Å². The second-order valence-corrected chi connectivity index (χ2v) is 11.6. The molecule has 4 rings (SSSR count). The third kappa shape index (κ3) is 6.06. The molecule has 1 atom stereocenters. The van der Waals surface area contributed by atoms with E-state index in [-0.39, 0.29) is 16.8 Å². The quantitative estimate of drug-likeness (QED) is 0.237. The van der Waals surface area contributed by atoms with Crippen LogP contribution in [0.3, 0.4) is 0 Å². The molecule has 1 aliphatic rings. The molecule has 36 heavy (non-hydrogen) atoms. The average Bonchev–Trinajstić information content (AvgIpc) is 3.21. The number of hydrogen-bond acceptors (Lipinski definition) is 6. The average molecular weight is 564 g/mol. The Morgan fingerprint density at radius 3 is 2.58 bits per heavy atom. The van der Waals surface area contributed by atoms with Gasteiger partial charge < -0.3 is 15.4 Å². The summed E-state index contributed by atoms with van der Waals surface area (Å²) in [7, 11) is 1.35. The largest absolute Gasteiger partial charge is 0.465 e. The Bertz CT molecular complexity index is 1330. The summed E-state index contributed by atoms with van der Waals surface area (Å²) in [5, 5.41) is 6.58. The van der Waals surface area contributed by atoms with Crippen LogP contribution in [-0.2, 0) is 22.4 Å². The van der Waals surface area contributed by atoms with Crippen molar-refractivity contribution in [3.8, 4) is 0 Å². The number of anilines is 2. The highest BCUT2D eigenvalue weighted by Crippen LogP contribution is 2.39. The van der Waals surface area contributed by atoms with Crippen molar-refractivity contribution in [2.24, 2.45) is 0 Å². The molecule has 10 heteroatoms. The number of thioether (sulfide) groups is 1. The maximum atomic E-state index is 13.0. The maximum Gasteiger partial charge on any atom is 0.341 e. The van der Waals surface area contributed by atoms with E-state index in [1.54, 1.807) is 37.3 Å². The van der Waals surface area contributed by atoms with Crippen LogP contribution in [0.4, 0.5) is 10.7 Å². The third-order valence-electron chi connectivity index (χ3n) is 5.75. The van der Waals surface area contributed by atoms with E-state index in [0.29, 0.717) is 26.8 Å². The molecule has 188 valence electrons. The van der Waals surface area contributed by atoms with Crippen LogP contribution in [0.25, 0.3) is 0 Å². The number of amides is 2. The summed E-state index contributed by atoms with van der Waals surface area (Å²) < 4.78 is 4.99. The van der Waals surface area contributed by atoms with Crippen LogP contribution in [0.15, 0.2) is 47.4 Å². The van der Waals surface area contributed by atoms with Gasteiger partial charge in [0.05, 0.1) is 28.5 Å². The normalized spacial score (nSPS) is 13.4. The molecule has 1 aliphatic carbocycles. The number of aryl methyl sites for hydroxylation is 1. The predicted octanol–water partition coefficient (Wildman–Crippen LogP) is 7.09. The molecular formula is C26H24Cl2N2O4S2. The Morgan fingerprint density at radius 2 is 1.83 bits per heavy atom. The number of halogens is 2. The fourth-order valence-electron chi connectivity index (χ4n) is 3.96. The van der Waals surface area contributed by atoms with E-state index >= 15 is 0 Å². The van der Waals surface area contributed by atoms with E-state index in [4.69, 9.17) is 27.9 Å². The standard InChI is InChI=1S/C26H24Cl2N2O4S2/c1-14(23(31)30-25-22(26(33)34-2)19-8-3-4-9-21(19)36-25)35-17-7-5-6-16(13-17)29-24(32)18-11-10-15(27)12-20(18)28/h5-7,10-14H,3-4,8-9H2,1-2H3,(H,29,32)(H,30,31). The Hall–Kier alpha value is -2.52. The van der Waals surface area contributed by atoms with Crippen molar-refractivity contribution in [1.82, 2.24) is 0 Å². The molecule has 0 saturated heterocycles. The van der Waals surface area contributed by atoms with Gasteiger partial charge in [-0.25, -0.2) is 4.79 Å². The van der Waals surface area contributed by atoms with Gasteiger partial charge in [0, 0.05) is 20.5 Å². The van der Waals surface area contributed by atoms with Crippen LogP contribution in [-0.4, -0.2) is 30.1 Å². The number of carbonyl (C=O) groups is 3. The minimum absolute atomic E-state index is 0.217. The molecule has 0 bridgehead atoms. The van der Waals surface area contributed by atoms with Gasteiger partial charge in [-0.3, -0.25) is 9.59 Å². The summed E-state index contributed by atoms with van der Waals surface area (Å²) >= 11 is 14.9. The molecule has 0 saturated carbocycles. The number of esters is 1. The summed E-state index contributed by atoms with van der Waals surface area (Å²) in [4.78, 5) is 40.1. The van der Waals surface area contributed by atoms with Crippen LogP contribution in [0.2, 0.25) is 10.0 Å². The maximum absolute atomic E-state index is 13.0. The van der Waals surface area contributed by atoms with Crippen LogP contribution in [0, 0.1) is 0 Å². The number of rotatable bonds is 7. The van der Waals surface area contributed by atoms with Crippen molar-refractivity contribution in [1.29, 1.82) is 0 Å². The number of methoxy groups -OCH3 is 1. The number of thiophene rings is 1. The summed E-state index contributed by atoms with van der Waals surface area (Å²) in [6.45, 7) is 1.80. The SMILES string of the molecule is COC(=O)c1c(NC(=O)C(C)Sc2cccc(NC(=O)c3ccc(Cl)cc3Cl)c2)sc2c1CCCC2. The third-order valence-corrected chi connectivity index (χ3v) is 8.60. The van der Waals surface area contributed by atoms with Gasteiger partial charge in [0.1, 0.15) is 5.00 Å². The molecule has 0 aliphatic heterocycles. The Balaban J connectivity index is 1.44. The van der Waals surface area contributed by atoms with Gasteiger partial charge in [-0.1, -0.05) is 29.3 Å². The molecule has 2 aromatic carbocycles. The summed E-state index contributed by atoms with van der Waals surface area (Å²) in [5.74, 6) is -0.998. The molecular weight excluding hydrogens is 539 g/mol. The highest BCUT2D eigenvalue weighted by Gasteiger charge is 2.28. The Morgan fingerprint density at radius 1 is 1.06 bits per heavy atom. The molecule has 1 unspecified atom stereocenters. The number of hydrogen-bond donors (Lipinski definition) is 2. The highest BCUT2D eigenvalue weighted by molar-refractivity contribution is 8.00. The van der Waals surface area contributed by atoms with E-state index in [9.17, 15) is 14.4 Å². The van der Waals surface area contributed by atoms with Crippen molar-refractivity contribution in [3.63, 3.8) is 0 Å². The van der Waals surface area contributed by atoms with E-state index in [1.165, 1.54) is 36.3 Å². The number of fused-ring (bicyclic) bond motifs is 1. The molecule has 1 heterocycles. The zero-order chi connectivity index (χ0) is 25.8. The molecule has 6 nitrogen and oxygen atoms in total. The molecule has 2 amide bonds. The molecule has 0 fully saturated rings.